The summed E-state index contributed by atoms with van der Waals surface area (Å²) in [6.45, 7) is 4.62. The fourth-order valence-electron chi connectivity index (χ4n) is 1.59. The zero-order valence-corrected chi connectivity index (χ0v) is 10.3. The summed E-state index contributed by atoms with van der Waals surface area (Å²) in [5, 5.41) is 12.7. The summed E-state index contributed by atoms with van der Waals surface area (Å²) in [6, 6.07) is 2.09. The molecule has 1 aromatic heterocycles. The molecule has 0 saturated heterocycles. The molecule has 92 valence electrons. The first-order chi connectivity index (χ1) is 8.01. The number of nitrogens with zero attached hydrogens (tertiary/aromatic N) is 4. The average Bonchev–Trinajstić information content (AvgIpc) is 2.69. The molecule has 0 bridgehead atoms. The highest BCUT2D eigenvalue weighted by atomic mass is 16.2. The Morgan fingerprint density at radius 1 is 1.76 bits per heavy atom. The third-order valence-corrected chi connectivity index (χ3v) is 2.48. The van der Waals surface area contributed by atoms with Gasteiger partial charge in [-0.2, -0.15) is 10.4 Å². The van der Waals surface area contributed by atoms with Crippen LogP contribution in [0.15, 0.2) is 6.20 Å². The third kappa shape index (κ3) is 2.75. The number of carbonyl (C=O) groups excluding carboxylic acids is 1. The predicted molar refractivity (Wildman–Crippen MR) is 64.1 cm³/mol. The topological polar surface area (TPSA) is 87.9 Å². The van der Waals surface area contributed by atoms with E-state index in [-0.39, 0.29) is 11.8 Å². The number of nitrogens with two attached hydrogens (primary N) is 1. The van der Waals surface area contributed by atoms with Gasteiger partial charge in [0, 0.05) is 20.1 Å². The molecule has 0 aliphatic heterocycles. The number of nitriles is 1. The summed E-state index contributed by atoms with van der Waals surface area (Å²) < 4.78 is 1.56. The van der Waals surface area contributed by atoms with E-state index in [0.717, 1.165) is 0 Å². The van der Waals surface area contributed by atoms with Crippen LogP contribution in [0.3, 0.4) is 0 Å². The van der Waals surface area contributed by atoms with Crippen LogP contribution in [-0.4, -0.2) is 34.2 Å². The fraction of sp³-hybridized carbons (Fsp3) is 0.545. The Bertz CT molecular complexity index is 445. The van der Waals surface area contributed by atoms with Crippen molar-refractivity contribution in [2.24, 2.45) is 5.92 Å². The van der Waals surface area contributed by atoms with Crippen molar-refractivity contribution in [1.82, 2.24) is 14.7 Å². The highest BCUT2D eigenvalue weighted by Crippen LogP contribution is 2.13. The maximum Gasteiger partial charge on any atom is 0.274 e. The van der Waals surface area contributed by atoms with Crippen molar-refractivity contribution >= 4 is 11.6 Å². The Balaban J connectivity index is 2.89. The molecule has 0 radical (unpaired) electrons. The van der Waals surface area contributed by atoms with Crippen LogP contribution in [0.1, 0.15) is 24.3 Å². The third-order valence-electron chi connectivity index (χ3n) is 2.48. The Morgan fingerprint density at radius 2 is 2.41 bits per heavy atom. The smallest absolute Gasteiger partial charge is 0.274 e. The number of amides is 1. The molecule has 1 heterocycles. The second kappa shape index (κ2) is 5.34. The van der Waals surface area contributed by atoms with Crippen LogP contribution in [0.2, 0.25) is 0 Å². The molecule has 6 heteroatoms. The van der Waals surface area contributed by atoms with E-state index in [1.54, 1.807) is 18.7 Å². The minimum absolute atomic E-state index is 0.205. The minimum atomic E-state index is -0.205. The summed E-state index contributed by atoms with van der Waals surface area (Å²) >= 11 is 0. The number of carbonyl (C=O) groups is 1. The second-order valence-corrected chi connectivity index (χ2v) is 3.98. The summed E-state index contributed by atoms with van der Waals surface area (Å²) in [5.41, 5.74) is 6.48. The fourth-order valence-corrected chi connectivity index (χ4v) is 1.59. The van der Waals surface area contributed by atoms with Crippen molar-refractivity contribution in [3.63, 3.8) is 0 Å². The van der Waals surface area contributed by atoms with E-state index in [0.29, 0.717) is 24.5 Å². The van der Waals surface area contributed by atoms with Gasteiger partial charge in [0.1, 0.15) is 5.69 Å². The van der Waals surface area contributed by atoms with Crippen LogP contribution < -0.4 is 5.73 Å². The molecule has 1 amide bonds. The number of anilines is 1. The number of aromatic nitrogens is 2. The Morgan fingerprint density at radius 3 is 2.94 bits per heavy atom. The number of hydrogen-bond donors (Lipinski definition) is 1. The zero-order chi connectivity index (χ0) is 13.0. The van der Waals surface area contributed by atoms with E-state index in [1.165, 1.54) is 11.1 Å². The number of rotatable bonds is 4. The monoisotopic (exact) mass is 235 g/mol. The molecule has 1 atom stereocenters. The molecule has 2 N–H and O–H groups in total. The van der Waals surface area contributed by atoms with E-state index >= 15 is 0 Å². The highest BCUT2D eigenvalue weighted by molar-refractivity contribution is 5.97. The standard InChI is InChI=1S/C11H17N5O/c1-4-16-10(9(13)6-14-16)11(17)15(3)7-8(2)5-12/h6,8H,4,7,13H2,1-3H3. The molecule has 0 aliphatic rings. The number of hydrogen-bond acceptors (Lipinski definition) is 4. The largest absolute Gasteiger partial charge is 0.396 e. The lowest BCUT2D eigenvalue weighted by Crippen LogP contribution is -2.32. The van der Waals surface area contributed by atoms with Crippen LogP contribution >= 0.6 is 0 Å². The lowest BCUT2D eigenvalue weighted by atomic mass is 10.2. The van der Waals surface area contributed by atoms with Crippen molar-refractivity contribution in [2.75, 3.05) is 19.3 Å². The minimum Gasteiger partial charge on any atom is -0.396 e. The predicted octanol–water partition coefficient (Wildman–Crippen LogP) is 0.717. The molecule has 0 saturated carbocycles. The van der Waals surface area contributed by atoms with Crippen molar-refractivity contribution in [3.8, 4) is 6.07 Å². The van der Waals surface area contributed by atoms with Crippen LogP contribution in [0, 0.1) is 17.2 Å². The molecular weight excluding hydrogens is 218 g/mol. The molecule has 0 aromatic carbocycles. The summed E-state index contributed by atoms with van der Waals surface area (Å²) in [6.07, 6.45) is 1.47. The van der Waals surface area contributed by atoms with Gasteiger partial charge in [0.15, 0.2) is 0 Å². The number of nitrogen functional groups attached to an aromatic ring is 1. The molecule has 17 heavy (non-hydrogen) atoms. The summed E-state index contributed by atoms with van der Waals surface area (Å²) in [4.78, 5) is 13.6. The lowest BCUT2D eigenvalue weighted by Gasteiger charge is -2.18. The normalized spacial score (nSPS) is 11.9. The second-order valence-electron chi connectivity index (χ2n) is 3.98. The van der Waals surface area contributed by atoms with Gasteiger partial charge in [0.05, 0.1) is 23.9 Å². The average molecular weight is 235 g/mol. The van der Waals surface area contributed by atoms with Gasteiger partial charge in [-0.15, -0.1) is 0 Å². The van der Waals surface area contributed by atoms with Crippen molar-refractivity contribution in [3.05, 3.63) is 11.9 Å². The Hall–Kier alpha value is -2.03. The van der Waals surface area contributed by atoms with Crippen molar-refractivity contribution < 1.29 is 4.79 Å². The first kappa shape index (κ1) is 13.0. The van der Waals surface area contributed by atoms with Crippen LogP contribution in [0.25, 0.3) is 0 Å². The summed E-state index contributed by atoms with van der Waals surface area (Å²) in [7, 11) is 1.66. The molecule has 0 spiro atoms. The maximum absolute atomic E-state index is 12.1. The SMILES string of the molecule is CCn1ncc(N)c1C(=O)N(C)CC(C)C#N. The van der Waals surface area contributed by atoms with E-state index in [1.807, 2.05) is 6.92 Å². The molecule has 1 aromatic rings. The zero-order valence-electron chi connectivity index (χ0n) is 10.3. The summed E-state index contributed by atoms with van der Waals surface area (Å²) in [5.74, 6) is -0.410. The molecule has 0 fully saturated rings. The van der Waals surface area contributed by atoms with Gasteiger partial charge in [-0.05, 0) is 13.8 Å². The van der Waals surface area contributed by atoms with Gasteiger partial charge >= 0.3 is 0 Å². The van der Waals surface area contributed by atoms with Gasteiger partial charge in [-0.25, -0.2) is 0 Å². The van der Waals surface area contributed by atoms with Gasteiger partial charge in [0.2, 0.25) is 0 Å². The van der Waals surface area contributed by atoms with Gasteiger partial charge < -0.3 is 10.6 Å². The van der Waals surface area contributed by atoms with Crippen molar-refractivity contribution in [2.45, 2.75) is 20.4 Å². The first-order valence-electron chi connectivity index (χ1n) is 5.47. The van der Waals surface area contributed by atoms with Crippen LogP contribution in [-0.2, 0) is 6.54 Å². The van der Waals surface area contributed by atoms with Crippen LogP contribution in [0.4, 0.5) is 5.69 Å². The maximum atomic E-state index is 12.1. The molecule has 1 unspecified atom stereocenters. The van der Waals surface area contributed by atoms with Gasteiger partial charge in [-0.1, -0.05) is 0 Å². The molecule has 0 aliphatic carbocycles. The first-order valence-corrected chi connectivity index (χ1v) is 5.47. The van der Waals surface area contributed by atoms with Gasteiger partial charge in [0.25, 0.3) is 5.91 Å². The lowest BCUT2D eigenvalue weighted by molar-refractivity contribution is 0.0774. The van der Waals surface area contributed by atoms with E-state index in [2.05, 4.69) is 11.2 Å². The Kier molecular flexibility index (Phi) is 4.10. The quantitative estimate of drug-likeness (QED) is 0.832. The van der Waals surface area contributed by atoms with Gasteiger partial charge in [-0.3, -0.25) is 9.48 Å². The molecule has 1 rings (SSSR count). The number of aryl methyl sites for hydroxylation is 1. The van der Waals surface area contributed by atoms with E-state index < -0.39 is 0 Å². The van der Waals surface area contributed by atoms with Crippen molar-refractivity contribution in [1.29, 1.82) is 5.26 Å². The van der Waals surface area contributed by atoms with E-state index in [9.17, 15) is 4.79 Å². The van der Waals surface area contributed by atoms with E-state index in [4.69, 9.17) is 11.0 Å². The Labute approximate surface area is 101 Å². The molecular formula is C11H17N5O. The highest BCUT2D eigenvalue weighted by Gasteiger charge is 2.21. The van der Waals surface area contributed by atoms with Crippen LogP contribution in [0.5, 0.6) is 0 Å². The molecule has 6 nitrogen and oxygen atoms in total.